The largest absolute Gasteiger partial charge is 0.493 e. The van der Waals surface area contributed by atoms with Crippen molar-refractivity contribution < 1.29 is 14.3 Å². The standard InChI is InChI=1S/C15H21NO3/c1-11(17)13-7-4-8-14(18-3)15(13)19-10-12-6-5-9-16(12)2/h4,7-8,12H,5-6,9-10H2,1-3H3. The minimum Gasteiger partial charge on any atom is -0.493 e. The number of rotatable bonds is 5. The lowest BCUT2D eigenvalue weighted by Crippen LogP contribution is -2.30. The molecule has 1 saturated heterocycles. The Morgan fingerprint density at radius 1 is 1.47 bits per heavy atom. The van der Waals surface area contributed by atoms with Crippen molar-refractivity contribution in [1.82, 2.24) is 4.90 Å². The fraction of sp³-hybridized carbons (Fsp3) is 0.533. The highest BCUT2D eigenvalue weighted by Crippen LogP contribution is 2.32. The normalized spacial score (nSPS) is 19.4. The Morgan fingerprint density at radius 2 is 2.26 bits per heavy atom. The molecule has 0 saturated carbocycles. The fourth-order valence-electron chi connectivity index (χ4n) is 2.47. The van der Waals surface area contributed by atoms with Gasteiger partial charge in [-0.1, -0.05) is 6.07 Å². The highest BCUT2D eigenvalue weighted by atomic mass is 16.5. The number of Topliss-reactive ketones (excluding diaryl/α,β-unsaturated/α-hetero) is 1. The third-order valence-electron chi connectivity index (χ3n) is 3.67. The van der Waals surface area contributed by atoms with Crippen LogP contribution in [0.3, 0.4) is 0 Å². The quantitative estimate of drug-likeness (QED) is 0.765. The van der Waals surface area contributed by atoms with Crippen LogP contribution in [0, 0.1) is 0 Å². The van der Waals surface area contributed by atoms with Crippen LogP contribution in [0.2, 0.25) is 0 Å². The van der Waals surface area contributed by atoms with Gasteiger partial charge in [0.05, 0.1) is 12.7 Å². The molecular formula is C15H21NO3. The molecule has 1 aliphatic heterocycles. The lowest BCUT2D eigenvalue weighted by Gasteiger charge is -2.21. The SMILES string of the molecule is COc1cccc(C(C)=O)c1OCC1CCCN1C. The molecule has 0 aromatic heterocycles. The Balaban J connectivity index is 2.15. The topological polar surface area (TPSA) is 38.8 Å². The van der Waals surface area contributed by atoms with E-state index in [1.165, 1.54) is 6.42 Å². The lowest BCUT2D eigenvalue weighted by atomic mass is 10.1. The fourth-order valence-corrected chi connectivity index (χ4v) is 2.47. The van der Waals surface area contributed by atoms with Crippen molar-refractivity contribution in [2.75, 3.05) is 27.3 Å². The highest BCUT2D eigenvalue weighted by molar-refractivity contribution is 5.97. The summed E-state index contributed by atoms with van der Waals surface area (Å²) in [5, 5.41) is 0. The molecule has 4 nitrogen and oxygen atoms in total. The zero-order chi connectivity index (χ0) is 13.8. The molecule has 1 atom stereocenters. The Kier molecular flexibility index (Phi) is 4.43. The van der Waals surface area contributed by atoms with Crippen LogP contribution in [-0.2, 0) is 0 Å². The molecule has 1 fully saturated rings. The number of likely N-dealkylation sites (N-methyl/N-ethyl adjacent to an activating group) is 1. The van der Waals surface area contributed by atoms with Crippen LogP contribution < -0.4 is 9.47 Å². The van der Waals surface area contributed by atoms with E-state index < -0.39 is 0 Å². The molecule has 0 spiro atoms. The van der Waals surface area contributed by atoms with Gasteiger partial charge in [0, 0.05) is 6.04 Å². The van der Waals surface area contributed by atoms with Crippen LogP contribution in [0.4, 0.5) is 0 Å². The first-order valence-electron chi connectivity index (χ1n) is 6.64. The summed E-state index contributed by atoms with van der Waals surface area (Å²) in [7, 11) is 3.70. The van der Waals surface area contributed by atoms with Crippen molar-refractivity contribution in [3.05, 3.63) is 23.8 Å². The summed E-state index contributed by atoms with van der Waals surface area (Å²) in [6.07, 6.45) is 2.34. The van der Waals surface area contributed by atoms with Crippen LogP contribution >= 0.6 is 0 Å². The first-order chi connectivity index (χ1) is 9.13. The van der Waals surface area contributed by atoms with Gasteiger partial charge in [-0.2, -0.15) is 0 Å². The first kappa shape index (κ1) is 13.9. The van der Waals surface area contributed by atoms with Crippen molar-refractivity contribution in [3.8, 4) is 11.5 Å². The number of benzene rings is 1. The number of nitrogens with zero attached hydrogens (tertiary/aromatic N) is 1. The van der Waals surface area contributed by atoms with E-state index in [2.05, 4.69) is 11.9 Å². The summed E-state index contributed by atoms with van der Waals surface area (Å²) in [6, 6.07) is 5.83. The Bertz CT molecular complexity index is 459. The van der Waals surface area contributed by atoms with Gasteiger partial charge in [-0.3, -0.25) is 4.79 Å². The van der Waals surface area contributed by atoms with Gasteiger partial charge in [0.25, 0.3) is 0 Å². The molecule has 0 radical (unpaired) electrons. The summed E-state index contributed by atoms with van der Waals surface area (Å²) in [6.45, 7) is 3.25. The van der Waals surface area contributed by atoms with Gasteiger partial charge in [0.15, 0.2) is 17.3 Å². The zero-order valence-corrected chi connectivity index (χ0v) is 11.8. The van der Waals surface area contributed by atoms with Gasteiger partial charge in [-0.05, 0) is 45.5 Å². The van der Waals surface area contributed by atoms with E-state index in [1.807, 2.05) is 12.1 Å². The second kappa shape index (κ2) is 6.06. The van der Waals surface area contributed by atoms with Crippen molar-refractivity contribution in [2.45, 2.75) is 25.8 Å². The molecule has 0 N–H and O–H groups in total. The molecular weight excluding hydrogens is 242 g/mol. The van der Waals surface area contributed by atoms with Gasteiger partial charge in [0.1, 0.15) is 6.61 Å². The molecule has 2 rings (SSSR count). The predicted octanol–water partition coefficient (Wildman–Crippen LogP) is 2.37. The van der Waals surface area contributed by atoms with Gasteiger partial charge < -0.3 is 14.4 Å². The number of hydrogen-bond acceptors (Lipinski definition) is 4. The number of carbonyl (C=O) groups excluding carboxylic acids is 1. The maximum absolute atomic E-state index is 11.6. The summed E-state index contributed by atoms with van der Waals surface area (Å²) in [5.74, 6) is 1.18. The third kappa shape index (κ3) is 3.07. The van der Waals surface area contributed by atoms with E-state index in [4.69, 9.17) is 9.47 Å². The number of carbonyl (C=O) groups is 1. The average molecular weight is 263 g/mol. The first-order valence-corrected chi connectivity index (χ1v) is 6.64. The molecule has 1 unspecified atom stereocenters. The molecule has 4 heteroatoms. The highest BCUT2D eigenvalue weighted by Gasteiger charge is 2.23. The van der Waals surface area contributed by atoms with Crippen molar-refractivity contribution in [2.24, 2.45) is 0 Å². The van der Waals surface area contributed by atoms with E-state index in [9.17, 15) is 4.79 Å². The van der Waals surface area contributed by atoms with Gasteiger partial charge in [0.2, 0.25) is 0 Å². The molecule has 19 heavy (non-hydrogen) atoms. The lowest BCUT2D eigenvalue weighted by molar-refractivity contribution is 0.101. The summed E-state index contributed by atoms with van der Waals surface area (Å²) < 4.78 is 11.2. The molecule has 0 bridgehead atoms. The van der Waals surface area contributed by atoms with Crippen LogP contribution in [0.25, 0.3) is 0 Å². The monoisotopic (exact) mass is 263 g/mol. The smallest absolute Gasteiger partial charge is 0.171 e. The maximum Gasteiger partial charge on any atom is 0.171 e. The Hall–Kier alpha value is -1.55. The minimum atomic E-state index is -0.00586. The minimum absolute atomic E-state index is 0.00586. The number of hydrogen-bond donors (Lipinski definition) is 0. The Labute approximate surface area is 114 Å². The van der Waals surface area contributed by atoms with E-state index in [1.54, 1.807) is 20.1 Å². The number of para-hydroxylation sites is 1. The third-order valence-corrected chi connectivity index (χ3v) is 3.67. The second-order valence-electron chi connectivity index (χ2n) is 4.98. The van der Waals surface area contributed by atoms with Crippen LogP contribution in [-0.4, -0.2) is 44.0 Å². The van der Waals surface area contributed by atoms with Crippen molar-refractivity contribution >= 4 is 5.78 Å². The van der Waals surface area contributed by atoms with E-state index in [0.717, 1.165) is 13.0 Å². The molecule has 0 aliphatic carbocycles. The van der Waals surface area contributed by atoms with Crippen molar-refractivity contribution in [3.63, 3.8) is 0 Å². The van der Waals surface area contributed by atoms with Crippen LogP contribution in [0.15, 0.2) is 18.2 Å². The summed E-state index contributed by atoms with van der Waals surface area (Å²) >= 11 is 0. The Morgan fingerprint density at radius 3 is 2.84 bits per heavy atom. The molecule has 1 heterocycles. The molecule has 1 aliphatic rings. The van der Waals surface area contributed by atoms with E-state index in [0.29, 0.717) is 29.7 Å². The summed E-state index contributed by atoms with van der Waals surface area (Å²) in [4.78, 5) is 13.9. The van der Waals surface area contributed by atoms with Gasteiger partial charge in [-0.15, -0.1) is 0 Å². The number of ketones is 1. The van der Waals surface area contributed by atoms with Crippen LogP contribution in [0.1, 0.15) is 30.1 Å². The van der Waals surface area contributed by atoms with Crippen molar-refractivity contribution in [1.29, 1.82) is 0 Å². The number of ether oxygens (including phenoxy) is 2. The zero-order valence-electron chi connectivity index (χ0n) is 11.8. The van der Waals surface area contributed by atoms with E-state index >= 15 is 0 Å². The molecule has 0 amide bonds. The number of likely N-dealkylation sites (tertiary alicyclic amines) is 1. The summed E-state index contributed by atoms with van der Waals surface area (Å²) in [5.41, 5.74) is 0.583. The predicted molar refractivity (Wildman–Crippen MR) is 74.1 cm³/mol. The second-order valence-corrected chi connectivity index (χ2v) is 4.98. The molecule has 1 aromatic rings. The average Bonchev–Trinajstić information content (AvgIpc) is 2.81. The van der Waals surface area contributed by atoms with Gasteiger partial charge in [-0.25, -0.2) is 0 Å². The van der Waals surface area contributed by atoms with Gasteiger partial charge >= 0.3 is 0 Å². The molecule has 1 aromatic carbocycles. The number of methoxy groups -OCH3 is 1. The van der Waals surface area contributed by atoms with Crippen LogP contribution in [0.5, 0.6) is 11.5 Å². The van der Waals surface area contributed by atoms with E-state index in [-0.39, 0.29) is 5.78 Å². The maximum atomic E-state index is 11.6. The molecule has 104 valence electrons.